The van der Waals surface area contributed by atoms with Crippen LogP contribution in [0.25, 0.3) is 0 Å². The van der Waals surface area contributed by atoms with Crippen molar-refractivity contribution in [2.24, 2.45) is 0 Å². The highest BCUT2D eigenvalue weighted by Crippen LogP contribution is 2.06. The van der Waals surface area contributed by atoms with Crippen molar-refractivity contribution in [1.82, 2.24) is 15.1 Å². The average molecular weight is 377 g/mol. The molecule has 0 aliphatic carbocycles. The molecule has 0 fully saturated rings. The van der Waals surface area contributed by atoms with Gasteiger partial charge in [-0.05, 0) is 33.3 Å². The second-order valence-electron chi connectivity index (χ2n) is 6.04. The summed E-state index contributed by atoms with van der Waals surface area (Å²) in [5.41, 5.74) is 0.846. The first-order valence-corrected chi connectivity index (χ1v) is 9.50. The van der Waals surface area contributed by atoms with E-state index in [-0.39, 0.29) is 24.8 Å². The van der Waals surface area contributed by atoms with Crippen LogP contribution in [0.5, 0.6) is 0 Å². The van der Waals surface area contributed by atoms with Crippen LogP contribution in [0.3, 0.4) is 0 Å². The van der Waals surface area contributed by atoms with Crippen molar-refractivity contribution in [3.63, 3.8) is 0 Å². The average Bonchev–Trinajstić information content (AvgIpc) is 2.68. The van der Waals surface area contributed by atoms with Gasteiger partial charge in [0.2, 0.25) is 11.8 Å². The molecule has 1 aromatic carbocycles. The van der Waals surface area contributed by atoms with Crippen LogP contribution in [0, 0.1) is 0 Å². The van der Waals surface area contributed by atoms with E-state index in [2.05, 4.69) is 5.32 Å². The number of nitrogens with one attached hydrogen (secondary N) is 1. The number of ether oxygens (including phenoxy) is 1. The number of carbonyl (C=O) groups excluding carboxylic acids is 3. The van der Waals surface area contributed by atoms with Gasteiger partial charge in [-0.1, -0.05) is 30.3 Å². The lowest BCUT2D eigenvalue weighted by atomic mass is 10.1. The molecule has 3 amide bonds. The number of benzene rings is 1. The summed E-state index contributed by atoms with van der Waals surface area (Å²) in [7, 11) is 0. The number of alkyl carbamates (subject to hydrolysis) is 1. The van der Waals surface area contributed by atoms with Gasteiger partial charge in [0.25, 0.3) is 0 Å². The molecule has 0 aliphatic rings. The van der Waals surface area contributed by atoms with Crippen LogP contribution >= 0.6 is 0 Å². The zero-order chi connectivity index (χ0) is 20.2. The van der Waals surface area contributed by atoms with Gasteiger partial charge in [-0.2, -0.15) is 0 Å². The number of likely N-dealkylation sites (N-methyl/N-ethyl adjacent to an activating group) is 1. The lowest BCUT2D eigenvalue weighted by Gasteiger charge is -2.27. The smallest absolute Gasteiger partial charge is 0.408 e. The Kier molecular flexibility index (Phi) is 9.93. The number of amides is 3. The lowest BCUT2D eigenvalue weighted by molar-refractivity contribution is -0.138. The second kappa shape index (κ2) is 11.9. The molecule has 0 aliphatic heterocycles. The minimum atomic E-state index is -0.943. The molecule has 1 unspecified atom stereocenters. The molecule has 27 heavy (non-hydrogen) atoms. The molecule has 0 saturated heterocycles. The molecule has 1 rings (SSSR count). The van der Waals surface area contributed by atoms with Gasteiger partial charge in [0.05, 0.1) is 6.42 Å². The van der Waals surface area contributed by atoms with E-state index < -0.39 is 12.1 Å². The summed E-state index contributed by atoms with van der Waals surface area (Å²) >= 11 is 0. The number of nitrogens with zero attached hydrogens (tertiary/aromatic N) is 2. The maximum atomic E-state index is 12.7. The summed E-state index contributed by atoms with van der Waals surface area (Å²) in [6.45, 7) is 9.70. The topological polar surface area (TPSA) is 79.0 Å². The van der Waals surface area contributed by atoms with E-state index in [1.54, 1.807) is 9.80 Å². The van der Waals surface area contributed by atoms with Crippen LogP contribution in [0.1, 0.15) is 39.7 Å². The first kappa shape index (κ1) is 22.5. The van der Waals surface area contributed by atoms with Gasteiger partial charge in [0.15, 0.2) is 0 Å². The first-order valence-electron chi connectivity index (χ1n) is 9.50. The minimum absolute atomic E-state index is 0.0859. The standard InChI is InChI=1S/C20H31N3O4/c1-5-22(6-2)18(24)14-17(19(25)23(7-3)8-4)21-20(26)27-15-16-12-10-9-11-13-16/h9-13,17H,5-8,14-15H2,1-4H3,(H,21,26). The largest absolute Gasteiger partial charge is 0.445 e. The van der Waals surface area contributed by atoms with Crippen molar-refractivity contribution in [3.05, 3.63) is 35.9 Å². The Bertz CT molecular complexity index is 599. The number of carbonyl (C=O) groups is 3. The van der Waals surface area contributed by atoms with Crippen LogP contribution in [0.2, 0.25) is 0 Å². The maximum Gasteiger partial charge on any atom is 0.408 e. The van der Waals surface area contributed by atoms with Gasteiger partial charge in [0.1, 0.15) is 12.6 Å². The second-order valence-corrected chi connectivity index (χ2v) is 6.04. The van der Waals surface area contributed by atoms with E-state index in [0.29, 0.717) is 26.2 Å². The van der Waals surface area contributed by atoms with E-state index in [4.69, 9.17) is 4.74 Å². The van der Waals surface area contributed by atoms with Crippen LogP contribution in [0.15, 0.2) is 30.3 Å². The summed E-state index contributed by atoms with van der Waals surface area (Å²) < 4.78 is 5.20. The van der Waals surface area contributed by atoms with E-state index in [1.165, 1.54) is 0 Å². The molecule has 1 N–H and O–H groups in total. The third-order valence-electron chi connectivity index (χ3n) is 4.37. The van der Waals surface area contributed by atoms with Gasteiger partial charge in [-0.25, -0.2) is 4.79 Å². The predicted molar refractivity (Wildman–Crippen MR) is 104 cm³/mol. The Labute approximate surface area is 161 Å². The number of hydrogen-bond acceptors (Lipinski definition) is 4. The highest BCUT2D eigenvalue weighted by molar-refractivity contribution is 5.91. The molecule has 0 saturated carbocycles. The Balaban J connectivity index is 2.78. The van der Waals surface area contributed by atoms with E-state index in [0.717, 1.165) is 5.56 Å². The highest BCUT2D eigenvalue weighted by atomic mass is 16.5. The molecule has 7 nitrogen and oxygen atoms in total. The Morgan fingerprint density at radius 3 is 2.00 bits per heavy atom. The third kappa shape index (κ3) is 7.29. The SMILES string of the molecule is CCN(CC)C(=O)CC(NC(=O)OCc1ccccc1)C(=O)N(CC)CC. The normalized spacial score (nSPS) is 11.4. The van der Waals surface area contributed by atoms with Crippen molar-refractivity contribution in [3.8, 4) is 0 Å². The van der Waals surface area contributed by atoms with Crippen LogP contribution in [0.4, 0.5) is 4.79 Å². The summed E-state index contributed by atoms with van der Waals surface area (Å²) in [5, 5.41) is 2.57. The molecular weight excluding hydrogens is 346 g/mol. The lowest BCUT2D eigenvalue weighted by Crippen LogP contribution is -2.51. The molecule has 7 heteroatoms. The Morgan fingerprint density at radius 1 is 0.926 bits per heavy atom. The quantitative estimate of drug-likeness (QED) is 0.679. The molecule has 0 radical (unpaired) electrons. The number of rotatable bonds is 10. The molecule has 150 valence electrons. The minimum Gasteiger partial charge on any atom is -0.445 e. The van der Waals surface area contributed by atoms with Crippen LogP contribution in [-0.4, -0.2) is 59.9 Å². The molecule has 0 spiro atoms. The van der Waals surface area contributed by atoms with Gasteiger partial charge in [-0.15, -0.1) is 0 Å². The molecule has 1 atom stereocenters. The van der Waals surface area contributed by atoms with Crippen molar-refractivity contribution >= 4 is 17.9 Å². The van der Waals surface area contributed by atoms with Crippen LogP contribution in [-0.2, 0) is 20.9 Å². The van der Waals surface area contributed by atoms with E-state index in [9.17, 15) is 14.4 Å². The third-order valence-corrected chi connectivity index (χ3v) is 4.37. The zero-order valence-electron chi connectivity index (χ0n) is 16.7. The molecular formula is C20H31N3O4. The van der Waals surface area contributed by atoms with E-state index >= 15 is 0 Å². The maximum absolute atomic E-state index is 12.7. The van der Waals surface area contributed by atoms with Gasteiger partial charge < -0.3 is 19.9 Å². The van der Waals surface area contributed by atoms with E-state index in [1.807, 2.05) is 58.0 Å². The predicted octanol–water partition coefficient (Wildman–Crippen LogP) is 2.41. The number of hydrogen-bond donors (Lipinski definition) is 1. The van der Waals surface area contributed by atoms with Crippen molar-refractivity contribution < 1.29 is 19.1 Å². The highest BCUT2D eigenvalue weighted by Gasteiger charge is 2.29. The fraction of sp³-hybridized carbons (Fsp3) is 0.550. The Morgan fingerprint density at radius 2 is 1.48 bits per heavy atom. The van der Waals surface area contributed by atoms with Crippen molar-refractivity contribution in [1.29, 1.82) is 0 Å². The molecule has 0 aromatic heterocycles. The summed E-state index contributed by atoms with van der Waals surface area (Å²) in [4.78, 5) is 40.6. The van der Waals surface area contributed by atoms with Crippen LogP contribution < -0.4 is 5.32 Å². The van der Waals surface area contributed by atoms with Crippen molar-refractivity contribution in [2.45, 2.75) is 46.8 Å². The van der Waals surface area contributed by atoms with Gasteiger partial charge in [-0.3, -0.25) is 9.59 Å². The first-order chi connectivity index (χ1) is 13.0. The molecule has 0 bridgehead atoms. The summed E-state index contributed by atoms with van der Waals surface area (Å²) in [6.07, 6.45) is -0.797. The monoisotopic (exact) mass is 377 g/mol. The molecule has 1 aromatic rings. The van der Waals surface area contributed by atoms with Gasteiger partial charge in [0, 0.05) is 26.2 Å². The fourth-order valence-corrected chi connectivity index (χ4v) is 2.74. The molecule has 0 heterocycles. The fourth-order valence-electron chi connectivity index (χ4n) is 2.74. The van der Waals surface area contributed by atoms with Gasteiger partial charge >= 0.3 is 6.09 Å². The zero-order valence-corrected chi connectivity index (χ0v) is 16.7. The van der Waals surface area contributed by atoms with Crippen molar-refractivity contribution in [2.75, 3.05) is 26.2 Å². The summed E-state index contributed by atoms with van der Waals surface area (Å²) in [6, 6.07) is 8.33. The Hall–Kier alpha value is -2.57. The summed E-state index contributed by atoms with van der Waals surface area (Å²) in [5.74, 6) is -0.453.